The van der Waals surface area contributed by atoms with E-state index in [4.69, 9.17) is 19.4 Å². The first kappa shape index (κ1) is 27.3. The standard InChI is InChI=1S/C38H27N3O.Pt/c1-38(2,3)26-21-24-12-9-19-39-34(24)31(22-26)23-10-6-11-25(20-23)37-41-36-30(16-8-18-33(36)42-37)29-15-7-14-28-27-13-4-5-17-32(27)40-35(28)29;/h4-19,21-22H,1-3H3;/q-2;+2. The zero-order chi connectivity index (χ0) is 28.4. The molecule has 0 bridgehead atoms. The third-order valence-electron chi connectivity index (χ3n) is 8.06. The molecule has 8 aromatic rings. The van der Waals surface area contributed by atoms with Crippen LogP contribution >= 0.6 is 0 Å². The van der Waals surface area contributed by atoms with Gasteiger partial charge in [0.2, 0.25) is 0 Å². The van der Waals surface area contributed by atoms with Gasteiger partial charge in [0.1, 0.15) is 11.1 Å². The Kier molecular flexibility index (Phi) is 6.56. The summed E-state index contributed by atoms with van der Waals surface area (Å²) in [7, 11) is 0. The maximum Gasteiger partial charge on any atom is 2.00 e. The Morgan fingerprint density at radius 3 is 2.35 bits per heavy atom. The first-order valence-electron chi connectivity index (χ1n) is 14.2. The quantitative estimate of drug-likeness (QED) is 0.170. The summed E-state index contributed by atoms with van der Waals surface area (Å²) in [5, 5.41) is 3.42. The minimum atomic E-state index is -0.00163. The summed E-state index contributed by atoms with van der Waals surface area (Å²) in [5.41, 5.74) is 10.6. The predicted molar refractivity (Wildman–Crippen MR) is 171 cm³/mol. The summed E-state index contributed by atoms with van der Waals surface area (Å²) in [6, 6.07) is 39.0. The number of benzene rings is 5. The molecule has 5 aromatic carbocycles. The van der Waals surface area contributed by atoms with Gasteiger partial charge < -0.3 is 9.40 Å². The van der Waals surface area contributed by atoms with Crippen LogP contribution in [-0.2, 0) is 26.5 Å². The molecule has 0 aliphatic rings. The van der Waals surface area contributed by atoms with Crippen LogP contribution in [-0.4, -0.2) is 9.97 Å². The molecule has 0 aliphatic heterocycles. The molecule has 0 saturated heterocycles. The van der Waals surface area contributed by atoms with E-state index in [0.29, 0.717) is 5.89 Å². The number of fused-ring (bicyclic) bond motifs is 5. The Morgan fingerprint density at radius 1 is 0.698 bits per heavy atom. The van der Waals surface area contributed by atoms with E-state index in [9.17, 15) is 0 Å². The van der Waals surface area contributed by atoms with E-state index in [2.05, 4.69) is 93.6 Å². The number of hydrogen-bond acceptors (Lipinski definition) is 3. The van der Waals surface area contributed by atoms with Gasteiger partial charge >= 0.3 is 21.1 Å². The van der Waals surface area contributed by atoms with Crippen molar-refractivity contribution in [3.05, 3.63) is 121 Å². The molecule has 0 spiro atoms. The van der Waals surface area contributed by atoms with Gasteiger partial charge in [-0.05, 0) is 44.8 Å². The second-order valence-electron chi connectivity index (χ2n) is 11.8. The molecule has 4 nitrogen and oxygen atoms in total. The smallest absolute Gasteiger partial charge is 0.656 e. The Labute approximate surface area is 264 Å². The SMILES string of the molecule is CC(C)(C)c1cc(-c2[c-]c(-c3nc4c(-c5cccc6c5[n-]c5ccccc56)cccc4o3)ccc2)c2ncccc2c1.[Pt+2]. The molecular weight excluding hydrogens is 710 g/mol. The monoisotopic (exact) mass is 736 g/mol. The number of rotatable bonds is 3. The van der Waals surface area contributed by atoms with Crippen LogP contribution in [0.5, 0.6) is 0 Å². The fraction of sp³-hybridized carbons (Fsp3) is 0.105. The summed E-state index contributed by atoms with van der Waals surface area (Å²) in [4.78, 5) is 14.8. The van der Waals surface area contributed by atoms with Crippen molar-refractivity contribution < 1.29 is 25.5 Å². The van der Waals surface area contributed by atoms with Crippen molar-refractivity contribution in [3.8, 4) is 33.7 Å². The number of nitrogens with zero attached hydrogens (tertiary/aromatic N) is 3. The molecule has 0 aliphatic carbocycles. The first-order chi connectivity index (χ1) is 20.4. The average molecular weight is 737 g/mol. The van der Waals surface area contributed by atoms with Crippen LogP contribution in [0.4, 0.5) is 0 Å². The van der Waals surface area contributed by atoms with E-state index in [0.717, 1.165) is 71.6 Å². The third-order valence-corrected chi connectivity index (χ3v) is 8.06. The van der Waals surface area contributed by atoms with Gasteiger partial charge in [-0.1, -0.05) is 105 Å². The molecular formula is C38H27N3OPt. The zero-order valence-electron chi connectivity index (χ0n) is 24.0. The summed E-state index contributed by atoms with van der Waals surface area (Å²) >= 11 is 0. The van der Waals surface area contributed by atoms with Crippen molar-refractivity contribution in [2.75, 3.05) is 0 Å². The fourth-order valence-corrected chi connectivity index (χ4v) is 5.88. The molecule has 3 aromatic heterocycles. The number of aromatic nitrogens is 3. The first-order valence-corrected chi connectivity index (χ1v) is 14.2. The molecule has 0 N–H and O–H groups in total. The van der Waals surface area contributed by atoms with Gasteiger partial charge in [-0.2, -0.15) is 0 Å². The van der Waals surface area contributed by atoms with Gasteiger partial charge in [0.15, 0.2) is 5.89 Å². The molecule has 43 heavy (non-hydrogen) atoms. The van der Waals surface area contributed by atoms with Crippen LogP contribution in [0, 0.1) is 6.07 Å². The Balaban J connectivity index is 0.00000300. The molecule has 0 amide bonds. The summed E-state index contributed by atoms with van der Waals surface area (Å²) < 4.78 is 6.37. The number of hydrogen-bond donors (Lipinski definition) is 0. The topological polar surface area (TPSA) is 53.0 Å². The van der Waals surface area contributed by atoms with Gasteiger partial charge in [0.05, 0.1) is 0 Å². The van der Waals surface area contributed by atoms with Crippen LogP contribution in [0.15, 0.2) is 114 Å². The molecule has 3 heterocycles. The van der Waals surface area contributed by atoms with Gasteiger partial charge in [-0.15, -0.1) is 40.9 Å². The van der Waals surface area contributed by atoms with Crippen molar-refractivity contribution in [2.45, 2.75) is 26.2 Å². The number of para-hydroxylation sites is 3. The van der Waals surface area contributed by atoms with Crippen molar-refractivity contribution in [2.24, 2.45) is 0 Å². The second-order valence-corrected chi connectivity index (χ2v) is 11.8. The van der Waals surface area contributed by atoms with Crippen molar-refractivity contribution >= 4 is 43.8 Å². The summed E-state index contributed by atoms with van der Waals surface area (Å²) in [6.45, 7) is 6.70. The number of pyridine rings is 1. The molecule has 8 rings (SSSR count). The van der Waals surface area contributed by atoms with Crippen LogP contribution < -0.4 is 4.98 Å². The van der Waals surface area contributed by atoms with Crippen molar-refractivity contribution in [1.29, 1.82) is 0 Å². The van der Waals surface area contributed by atoms with Crippen LogP contribution in [0.25, 0.3) is 77.5 Å². The Bertz CT molecular complexity index is 2310. The maximum absolute atomic E-state index is 6.37. The normalized spacial score (nSPS) is 11.9. The van der Waals surface area contributed by atoms with E-state index >= 15 is 0 Å². The summed E-state index contributed by atoms with van der Waals surface area (Å²) in [6.07, 6.45) is 1.85. The second kappa shape index (κ2) is 10.3. The minimum absolute atomic E-state index is 0. The van der Waals surface area contributed by atoms with Gasteiger partial charge in [0, 0.05) is 17.3 Å². The molecule has 0 unspecified atom stereocenters. The Hall–Kier alpha value is -4.53. The average Bonchev–Trinajstić information content (AvgIpc) is 3.62. The van der Waals surface area contributed by atoms with E-state index in [1.54, 1.807) is 0 Å². The van der Waals surface area contributed by atoms with Crippen LogP contribution in [0.2, 0.25) is 0 Å². The molecule has 0 atom stereocenters. The molecule has 0 saturated carbocycles. The van der Waals surface area contributed by atoms with Gasteiger partial charge in [-0.25, -0.2) is 4.98 Å². The third kappa shape index (κ3) is 4.58. The van der Waals surface area contributed by atoms with Gasteiger partial charge in [-0.3, -0.25) is 4.98 Å². The van der Waals surface area contributed by atoms with E-state index in [1.807, 2.05) is 42.6 Å². The zero-order valence-corrected chi connectivity index (χ0v) is 26.2. The van der Waals surface area contributed by atoms with Crippen molar-refractivity contribution in [1.82, 2.24) is 15.0 Å². The fourth-order valence-electron chi connectivity index (χ4n) is 5.88. The van der Waals surface area contributed by atoms with E-state index < -0.39 is 0 Å². The Morgan fingerprint density at radius 2 is 1.47 bits per heavy atom. The van der Waals surface area contributed by atoms with Gasteiger partial charge in [0.25, 0.3) is 0 Å². The molecule has 0 radical (unpaired) electrons. The molecule has 210 valence electrons. The summed E-state index contributed by atoms with van der Waals surface area (Å²) in [5.74, 6) is 0.538. The van der Waals surface area contributed by atoms with Crippen molar-refractivity contribution in [3.63, 3.8) is 0 Å². The minimum Gasteiger partial charge on any atom is -0.656 e. The van der Waals surface area contributed by atoms with E-state index in [-0.39, 0.29) is 26.5 Å². The molecule has 0 fully saturated rings. The van der Waals surface area contributed by atoms with Crippen LogP contribution in [0.3, 0.4) is 0 Å². The largest absolute Gasteiger partial charge is 2.00 e. The van der Waals surface area contributed by atoms with E-state index in [1.165, 1.54) is 5.56 Å². The number of oxazole rings is 1. The maximum atomic E-state index is 6.37. The van der Waals surface area contributed by atoms with Crippen LogP contribution in [0.1, 0.15) is 26.3 Å². The molecule has 5 heteroatoms. The predicted octanol–water partition coefficient (Wildman–Crippen LogP) is 9.74.